The van der Waals surface area contributed by atoms with Crippen molar-refractivity contribution in [3.63, 3.8) is 0 Å². The van der Waals surface area contributed by atoms with Crippen molar-refractivity contribution in [2.75, 3.05) is 29.4 Å². The number of hydrogen-bond acceptors (Lipinski definition) is 4. The monoisotopic (exact) mass is 340 g/mol. The first-order chi connectivity index (χ1) is 11.4. The van der Waals surface area contributed by atoms with Gasteiger partial charge in [-0.25, -0.2) is 27.5 Å². The van der Waals surface area contributed by atoms with Gasteiger partial charge in [-0.15, -0.1) is 0 Å². The normalized spacial score (nSPS) is 18.3. The number of nitrogens with zero attached hydrogens (tertiary/aromatic N) is 4. The molecule has 3 rings (SSSR count). The van der Waals surface area contributed by atoms with Crippen molar-refractivity contribution in [3.05, 3.63) is 47.9 Å². The predicted molar refractivity (Wildman–Crippen MR) is 82.4 cm³/mol. The van der Waals surface area contributed by atoms with Crippen LogP contribution in [0.3, 0.4) is 0 Å². The lowest BCUT2D eigenvalue weighted by Gasteiger charge is -2.41. The van der Waals surface area contributed by atoms with E-state index in [9.17, 15) is 17.6 Å². The van der Waals surface area contributed by atoms with Gasteiger partial charge in [-0.05, 0) is 19.1 Å². The van der Waals surface area contributed by atoms with Crippen LogP contribution < -0.4 is 9.80 Å². The molecule has 128 valence electrons. The lowest BCUT2D eigenvalue weighted by molar-refractivity contribution is 0.146. The molecular weight excluding hydrogens is 324 g/mol. The van der Waals surface area contributed by atoms with Crippen LogP contribution in [0.1, 0.15) is 19.0 Å². The standard InChI is InChI=1S/C16H16F4N4/c1-10-8-23(15-7-14(16(19)20)21-9-22-15)2-3-24(10)13-5-11(17)4-12(18)6-13/h4-7,9-10,16H,2-3,8H2,1H3/t10-/m1/s1. The number of alkyl halides is 2. The van der Waals surface area contributed by atoms with Crippen molar-refractivity contribution in [2.24, 2.45) is 0 Å². The van der Waals surface area contributed by atoms with Gasteiger partial charge in [0.15, 0.2) is 0 Å². The molecular formula is C16H16F4N4. The molecule has 0 radical (unpaired) electrons. The summed E-state index contributed by atoms with van der Waals surface area (Å²) in [4.78, 5) is 11.4. The average Bonchev–Trinajstić information content (AvgIpc) is 2.54. The second kappa shape index (κ2) is 6.62. The van der Waals surface area contributed by atoms with Gasteiger partial charge in [-0.3, -0.25) is 0 Å². The first kappa shape index (κ1) is 16.5. The fraction of sp³-hybridized carbons (Fsp3) is 0.375. The molecule has 2 heterocycles. The lowest BCUT2D eigenvalue weighted by atomic mass is 10.1. The van der Waals surface area contributed by atoms with Gasteiger partial charge in [0, 0.05) is 43.5 Å². The molecule has 1 aromatic carbocycles. The highest BCUT2D eigenvalue weighted by molar-refractivity contribution is 5.51. The Balaban J connectivity index is 1.76. The maximum absolute atomic E-state index is 13.4. The van der Waals surface area contributed by atoms with Crippen LogP contribution in [0, 0.1) is 11.6 Å². The number of benzene rings is 1. The first-order valence-electron chi connectivity index (χ1n) is 7.52. The Labute approximate surface area is 136 Å². The van der Waals surface area contributed by atoms with E-state index in [0.29, 0.717) is 31.1 Å². The Hall–Kier alpha value is -2.38. The molecule has 0 amide bonds. The molecule has 24 heavy (non-hydrogen) atoms. The van der Waals surface area contributed by atoms with Gasteiger partial charge in [0.05, 0.1) is 0 Å². The molecule has 1 aliphatic rings. The van der Waals surface area contributed by atoms with Crippen LogP contribution in [0.2, 0.25) is 0 Å². The smallest absolute Gasteiger partial charge is 0.280 e. The summed E-state index contributed by atoms with van der Waals surface area (Å²) in [6, 6.07) is 4.61. The summed E-state index contributed by atoms with van der Waals surface area (Å²) in [6.07, 6.45) is -1.53. The van der Waals surface area contributed by atoms with Gasteiger partial charge in [0.1, 0.15) is 29.5 Å². The highest BCUT2D eigenvalue weighted by Gasteiger charge is 2.26. The number of aromatic nitrogens is 2. The third-order valence-electron chi connectivity index (χ3n) is 4.03. The van der Waals surface area contributed by atoms with Gasteiger partial charge in [-0.2, -0.15) is 0 Å². The van der Waals surface area contributed by atoms with Crippen LogP contribution >= 0.6 is 0 Å². The van der Waals surface area contributed by atoms with E-state index in [-0.39, 0.29) is 11.7 Å². The lowest BCUT2D eigenvalue weighted by Crippen LogP contribution is -2.52. The molecule has 8 heteroatoms. The van der Waals surface area contributed by atoms with Crippen LogP contribution in [-0.2, 0) is 0 Å². The average molecular weight is 340 g/mol. The van der Waals surface area contributed by atoms with Gasteiger partial charge >= 0.3 is 0 Å². The van der Waals surface area contributed by atoms with Crippen LogP contribution in [0.25, 0.3) is 0 Å². The quantitative estimate of drug-likeness (QED) is 0.802. The summed E-state index contributed by atoms with van der Waals surface area (Å²) >= 11 is 0. The van der Waals surface area contributed by atoms with Crippen LogP contribution in [-0.4, -0.2) is 35.6 Å². The molecule has 1 aliphatic heterocycles. The summed E-state index contributed by atoms with van der Waals surface area (Å²) in [5, 5.41) is 0. The molecule has 4 nitrogen and oxygen atoms in total. The van der Waals surface area contributed by atoms with E-state index in [1.807, 2.05) is 16.7 Å². The second-order valence-corrected chi connectivity index (χ2v) is 5.72. The molecule has 2 aromatic rings. The number of anilines is 2. The molecule has 1 fully saturated rings. The fourth-order valence-electron chi connectivity index (χ4n) is 2.91. The molecule has 1 saturated heterocycles. The van der Waals surface area contributed by atoms with Crippen molar-refractivity contribution in [1.82, 2.24) is 9.97 Å². The number of rotatable bonds is 3. The largest absolute Gasteiger partial charge is 0.365 e. The molecule has 1 aromatic heterocycles. The van der Waals surface area contributed by atoms with Crippen LogP contribution in [0.5, 0.6) is 0 Å². The van der Waals surface area contributed by atoms with Gasteiger partial charge in [0.25, 0.3) is 6.43 Å². The zero-order valence-electron chi connectivity index (χ0n) is 13.0. The van der Waals surface area contributed by atoms with E-state index >= 15 is 0 Å². The minimum absolute atomic E-state index is 0.0649. The predicted octanol–water partition coefficient (Wildman–Crippen LogP) is 3.41. The van der Waals surface area contributed by atoms with Crippen molar-refractivity contribution in [2.45, 2.75) is 19.4 Å². The molecule has 0 unspecified atom stereocenters. The van der Waals surface area contributed by atoms with Gasteiger partial charge in [0.2, 0.25) is 0 Å². The minimum Gasteiger partial charge on any atom is -0.365 e. The molecule has 1 atom stereocenters. The van der Waals surface area contributed by atoms with E-state index in [1.165, 1.54) is 18.2 Å². The third-order valence-corrected chi connectivity index (χ3v) is 4.03. The van der Waals surface area contributed by atoms with Crippen molar-refractivity contribution in [1.29, 1.82) is 0 Å². The summed E-state index contributed by atoms with van der Waals surface area (Å²) in [7, 11) is 0. The Bertz CT molecular complexity index is 705. The highest BCUT2D eigenvalue weighted by atomic mass is 19.3. The maximum atomic E-state index is 13.4. The number of halogens is 4. The maximum Gasteiger partial charge on any atom is 0.280 e. The van der Waals surface area contributed by atoms with E-state index in [2.05, 4.69) is 9.97 Å². The Morgan fingerprint density at radius 3 is 2.38 bits per heavy atom. The Morgan fingerprint density at radius 1 is 1.04 bits per heavy atom. The topological polar surface area (TPSA) is 32.3 Å². The Morgan fingerprint density at radius 2 is 1.75 bits per heavy atom. The molecule has 0 aliphatic carbocycles. The number of hydrogen-bond donors (Lipinski definition) is 0. The molecule has 0 spiro atoms. The summed E-state index contributed by atoms with van der Waals surface area (Å²) in [5.41, 5.74) is 0.151. The van der Waals surface area contributed by atoms with Crippen molar-refractivity contribution >= 4 is 11.5 Å². The minimum atomic E-state index is -2.65. The van der Waals surface area contributed by atoms with Gasteiger partial charge < -0.3 is 9.80 Å². The second-order valence-electron chi connectivity index (χ2n) is 5.72. The van der Waals surface area contributed by atoms with Gasteiger partial charge in [-0.1, -0.05) is 0 Å². The number of piperazine rings is 1. The third kappa shape index (κ3) is 3.42. The zero-order chi connectivity index (χ0) is 17.3. The fourth-order valence-corrected chi connectivity index (χ4v) is 2.91. The van der Waals surface area contributed by atoms with Crippen molar-refractivity contribution in [3.8, 4) is 0 Å². The molecule has 0 N–H and O–H groups in total. The van der Waals surface area contributed by atoms with E-state index in [0.717, 1.165) is 12.4 Å². The molecule has 0 saturated carbocycles. The summed E-state index contributed by atoms with van der Waals surface area (Å²) < 4.78 is 52.3. The van der Waals surface area contributed by atoms with E-state index in [4.69, 9.17) is 0 Å². The van der Waals surface area contributed by atoms with E-state index < -0.39 is 18.1 Å². The van der Waals surface area contributed by atoms with E-state index in [1.54, 1.807) is 0 Å². The Kier molecular flexibility index (Phi) is 4.55. The van der Waals surface area contributed by atoms with Crippen LogP contribution in [0.15, 0.2) is 30.6 Å². The van der Waals surface area contributed by atoms with Crippen LogP contribution in [0.4, 0.5) is 29.1 Å². The summed E-state index contributed by atoms with van der Waals surface area (Å²) in [6.45, 7) is 3.41. The summed E-state index contributed by atoms with van der Waals surface area (Å²) in [5.74, 6) is -0.828. The molecule has 0 bridgehead atoms. The van der Waals surface area contributed by atoms with Crippen molar-refractivity contribution < 1.29 is 17.6 Å². The SMILES string of the molecule is C[C@@H]1CN(c2cc(C(F)F)ncn2)CCN1c1cc(F)cc(F)c1. The zero-order valence-corrected chi connectivity index (χ0v) is 13.0. The highest BCUT2D eigenvalue weighted by Crippen LogP contribution is 2.26. The first-order valence-corrected chi connectivity index (χ1v) is 7.52.